The summed E-state index contributed by atoms with van der Waals surface area (Å²) in [6.45, 7) is 2.78. The summed E-state index contributed by atoms with van der Waals surface area (Å²) in [6.07, 6.45) is 0.415. The minimum absolute atomic E-state index is 0.0288. The van der Waals surface area contributed by atoms with Crippen LogP contribution in [0.2, 0.25) is 0 Å². The highest BCUT2D eigenvalue weighted by molar-refractivity contribution is 7.89. The third-order valence-electron chi connectivity index (χ3n) is 3.09. The Hall–Kier alpha value is -1.44. The van der Waals surface area contributed by atoms with Gasteiger partial charge in [0.1, 0.15) is 0 Å². The fourth-order valence-electron chi connectivity index (χ4n) is 1.87. The number of hydrogen-bond donors (Lipinski definition) is 1. The van der Waals surface area contributed by atoms with Crippen molar-refractivity contribution in [2.45, 2.75) is 24.7 Å². The molecule has 1 aromatic carbocycles. The molecule has 0 fully saturated rings. The SMILES string of the molecule is CCN(CCOC)S(=O)(=O)c1ccc(CCC(=O)O)cc1. The molecule has 0 saturated carbocycles. The van der Waals surface area contributed by atoms with E-state index < -0.39 is 16.0 Å². The number of carboxylic acid groups (broad SMARTS) is 1. The van der Waals surface area contributed by atoms with E-state index >= 15 is 0 Å². The molecule has 118 valence electrons. The van der Waals surface area contributed by atoms with Crippen LogP contribution >= 0.6 is 0 Å². The molecule has 7 heteroatoms. The van der Waals surface area contributed by atoms with Gasteiger partial charge >= 0.3 is 5.97 Å². The summed E-state index contributed by atoms with van der Waals surface area (Å²) in [4.78, 5) is 10.7. The van der Waals surface area contributed by atoms with Gasteiger partial charge in [-0.05, 0) is 24.1 Å². The van der Waals surface area contributed by atoms with Gasteiger partial charge in [0.05, 0.1) is 11.5 Å². The van der Waals surface area contributed by atoms with Crippen LogP contribution in [0.25, 0.3) is 0 Å². The van der Waals surface area contributed by atoms with Crippen LogP contribution in [0.5, 0.6) is 0 Å². The minimum Gasteiger partial charge on any atom is -0.481 e. The maximum absolute atomic E-state index is 12.4. The van der Waals surface area contributed by atoms with Crippen LogP contribution in [0.4, 0.5) is 0 Å². The van der Waals surface area contributed by atoms with Crippen LogP contribution in [-0.2, 0) is 26.0 Å². The lowest BCUT2D eigenvalue weighted by atomic mass is 10.1. The molecule has 0 unspecified atom stereocenters. The molecule has 0 aliphatic carbocycles. The largest absolute Gasteiger partial charge is 0.481 e. The minimum atomic E-state index is -3.53. The van der Waals surface area contributed by atoms with Gasteiger partial charge in [-0.3, -0.25) is 4.79 Å². The average Bonchev–Trinajstić information content (AvgIpc) is 2.46. The fraction of sp³-hybridized carbons (Fsp3) is 0.500. The number of carboxylic acids is 1. The lowest BCUT2D eigenvalue weighted by Gasteiger charge is -2.20. The smallest absolute Gasteiger partial charge is 0.303 e. The van der Waals surface area contributed by atoms with Gasteiger partial charge in [0.25, 0.3) is 0 Å². The second-order valence-electron chi connectivity index (χ2n) is 4.53. The van der Waals surface area contributed by atoms with Crippen LogP contribution in [0, 0.1) is 0 Å². The highest BCUT2D eigenvalue weighted by Gasteiger charge is 2.22. The third-order valence-corrected chi connectivity index (χ3v) is 5.07. The number of hydrogen-bond acceptors (Lipinski definition) is 4. The first-order valence-electron chi connectivity index (χ1n) is 6.71. The Morgan fingerprint density at radius 3 is 2.38 bits per heavy atom. The first-order chi connectivity index (χ1) is 9.91. The fourth-order valence-corrected chi connectivity index (χ4v) is 3.30. The summed E-state index contributed by atoms with van der Waals surface area (Å²) in [5.41, 5.74) is 0.802. The Balaban J connectivity index is 2.85. The summed E-state index contributed by atoms with van der Waals surface area (Å²) in [6, 6.07) is 6.34. The van der Waals surface area contributed by atoms with Gasteiger partial charge in [-0.2, -0.15) is 4.31 Å². The summed E-state index contributed by atoms with van der Waals surface area (Å²) >= 11 is 0. The molecule has 21 heavy (non-hydrogen) atoms. The molecule has 1 rings (SSSR count). The first-order valence-corrected chi connectivity index (χ1v) is 8.15. The molecule has 1 N–H and O–H groups in total. The van der Waals surface area contributed by atoms with Crippen molar-refractivity contribution in [2.75, 3.05) is 26.8 Å². The average molecular weight is 315 g/mol. The molecule has 0 heterocycles. The molecule has 0 radical (unpaired) electrons. The standard InChI is InChI=1S/C14H21NO5S/c1-3-15(10-11-20-2)21(18,19)13-7-4-12(5-8-13)6-9-14(16)17/h4-5,7-8H,3,6,9-11H2,1-2H3,(H,16,17). The van der Waals surface area contributed by atoms with Crippen LogP contribution in [0.15, 0.2) is 29.2 Å². The predicted octanol–water partition coefficient (Wildman–Crippen LogP) is 1.36. The zero-order valence-electron chi connectivity index (χ0n) is 12.3. The van der Waals surface area contributed by atoms with Crippen molar-refractivity contribution in [3.63, 3.8) is 0 Å². The van der Waals surface area contributed by atoms with Gasteiger partial charge < -0.3 is 9.84 Å². The molecule has 0 amide bonds. The van der Waals surface area contributed by atoms with E-state index in [2.05, 4.69) is 0 Å². The van der Waals surface area contributed by atoms with Gasteiger partial charge in [0, 0.05) is 26.6 Å². The van der Waals surface area contributed by atoms with Crippen molar-refractivity contribution >= 4 is 16.0 Å². The van der Waals surface area contributed by atoms with E-state index in [9.17, 15) is 13.2 Å². The topological polar surface area (TPSA) is 83.9 Å². The molecule has 0 aliphatic rings. The zero-order chi connectivity index (χ0) is 15.9. The maximum atomic E-state index is 12.4. The summed E-state index contributed by atoms with van der Waals surface area (Å²) < 4.78 is 31.1. The molecule has 6 nitrogen and oxygen atoms in total. The zero-order valence-corrected chi connectivity index (χ0v) is 13.1. The lowest BCUT2D eigenvalue weighted by molar-refractivity contribution is -0.136. The Labute approximate surface area is 125 Å². The van der Waals surface area contributed by atoms with E-state index in [1.165, 1.54) is 23.5 Å². The molecular weight excluding hydrogens is 294 g/mol. The van der Waals surface area contributed by atoms with Crippen molar-refractivity contribution in [3.05, 3.63) is 29.8 Å². The Morgan fingerprint density at radius 1 is 1.29 bits per heavy atom. The van der Waals surface area contributed by atoms with Gasteiger partial charge in [0.2, 0.25) is 10.0 Å². The van der Waals surface area contributed by atoms with Crippen molar-refractivity contribution in [2.24, 2.45) is 0 Å². The van der Waals surface area contributed by atoms with Gasteiger partial charge in [-0.15, -0.1) is 0 Å². The molecular formula is C14H21NO5S. The molecule has 0 aromatic heterocycles. The van der Waals surface area contributed by atoms with Gasteiger partial charge in [0.15, 0.2) is 0 Å². The normalized spacial score (nSPS) is 11.8. The van der Waals surface area contributed by atoms with E-state index in [0.717, 1.165) is 5.56 Å². The molecule has 0 saturated heterocycles. The number of methoxy groups -OCH3 is 1. The van der Waals surface area contributed by atoms with Crippen LogP contribution in [0.1, 0.15) is 18.9 Å². The number of aliphatic carboxylic acids is 1. The number of sulfonamides is 1. The number of aryl methyl sites for hydroxylation is 1. The molecule has 0 aliphatic heterocycles. The number of carbonyl (C=O) groups is 1. The van der Waals surface area contributed by atoms with E-state index in [1.807, 2.05) is 0 Å². The Bertz CT molecular complexity index is 553. The van der Waals surface area contributed by atoms with Gasteiger partial charge in [-0.25, -0.2) is 8.42 Å². The molecule has 0 atom stereocenters. The Kier molecular flexibility index (Phi) is 6.80. The molecule has 1 aromatic rings. The summed E-state index contributed by atoms with van der Waals surface area (Å²) in [5, 5.41) is 8.63. The lowest BCUT2D eigenvalue weighted by Crippen LogP contribution is -2.33. The number of ether oxygens (including phenoxy) is 1. The summed E-state index contributed by atoms with van der Waals surface area (Å²) in [7, 11) is -2.01. The predicted molar refractivity (Wildman–Crippen MR) is 78.7 cm³/mol. The number of likely N-dealkylation sites (N-methyl/N-ethyl adjacent to an activating group) is 1. The molecule has 0 bridgehead atoms. The maximum Gasteiger partial charge on any atom is 0.303 e. The van der Waals surface area contributed by atoms with Gasteiger partial charge in [-0.1, -0.05) is 19.1 Å². The molecule has 0 spiro atoms. The van der Waals surface area contributed by atoms with Crippen molar-refractivity contribution in [1.82, 2.24) is 4.31 Å². The first kappa shape index (κ1) is 17.6. The van der Waals surface area contributed by atoms with Crippen molar-refractivity contribution in [3.8, 4) is 0 Å². The Morgan fingerprint density at radius 2 is 1.90 bits per heavy atom. The van der Waals surface area contributed by atoms with Crippen LogP contribution in [-0.4, -0.2) is 50.6 Å². The summed E-state index contributed by atoms with van der Waals surface area (Å²) in [5.74, 6) is -0.872. The van der Waals surface area contributed by atoms with E-state index in [1.54, 1.807) is 19.1 Å². The second-order valence-corrected chi connectivity index (χ2v) is 6.47. The monoisotopic (exact) mass is 315 g/mol. The number of rotatable bonds is 9. The van der Waals surface area contributed by atoms with E-state index in [-0.39, 0.29) is 11.3 Å². The van der Waals surface area contributed by atoms with Crippen molar-refractivity contribution < 1.29 is 23.1 Å². The highest BCUT2D eigenvalue weighted by Crippen LogP contribution is 2.17. The number of benzene rings is 1. The van der Waals surface area contributed by atoms with Crippen LogP contribution in [0.3, 0.4) is 0 Å². The van der Waals surface area contributed by atoms with Crippen LogP contribution < -0.4 is 0 Å². The van der Waals surface area contributed by atoms with E-state index in [0.29, 0.717) is 26.1 Å². The van der Waals surface area contributed by atoms with E-state index in [4.69, 9.17) is 9.84 Å². The van der Waals surface area contributed by atoms with Crippen molar-refractivity contribution in [1.29, 1.82) is 0 Å². The highest BCUT2D eigenvalue weighted by atomic mass is 32.2. The second kappa shape index (κ2) is 8.11. The number of nitrogens with zero attached hydrogens (tertiary/aromatic N) is 1. The third kappa shape index (κ3) is 5.11. The quantitative estimate of drug-likeness (QED) is 0.744.